The van der Waals surface area contributed by atoms with Crippen LogP contribution in [-0.2, 0) is 11.4 Å². The highest BCUT2D eigenvalue weighted by molar-refractivity contribution is 6.35. The molecule has 0 saturated carbocycles. The van der Waals surface area contributed by atoms with Crippen molar-refractivity contribution in [2.24, 2.45) is 5.16 Å². The molecule has 5 heteroatoms. The predicted octanol–water partition coefficient (Wildman–Crippen LogP) is 4.43. The van der Waals surface area contributed by atoms with Crippen LogP contribution in [0.4, 0.5) is 5.69 Å². The van der Waals surface area contributed by atoms with Crippen molar-refractivity contribution in [1.82, 2.24) is 0 Å². The van der Waals surface area contributed by atoms with Gasteiger partial charge in [0.15, 0.2) is 0 Å². The molecular formula is C23H18N2O3. The van der Waals surface area contributed by atoms with Crippen molar-refractivity contribution in [3.05, 3.63) is 101 Å². The Hall–Kier alpha value is -3.73. The van der Waals surface area contributed by atoms with Gasteiger partial charge in [0.2, 0.25) is 0 Å². The second-order valence-corrected chi connectivity index (χ2v) is 6.44. The Balaban J connectivity index is 1.62. The summed E-state index contributed by atoms with van der Waals surface area (Å²) in [7, 11) is 0. The summed E-state index contributed by atoms with van der Waals surface area (Å²) in [6, 6.07) is 23.8. The lowest BCUT2D eigenvalue weighted by molar-refractivity contribution is 0.0926. The Morgan fingerprint density at radius 1 is 0.821 bits per heavy atom. The Morgan fingerprint density at radius 2 is 1.39 bits per heavy atom. The maximum atomic E-state index is 12.8. The van der Waals surface area contributed by atoms with E-state index in [0.29, 0.717) is 34.7 Å². The number of anilines is 1. The molecule has 0 N–H and O–H groups in total. The van der Waals surface area contributed by atoms with Crippen LogP contribution in [0.15, 0.2) is 84.0 Å². The smallest absolute Gasteiger partial charge is 0.266 e. The van der Waals surface area contributed by atoms with Crippen LogP contribution in [0.25, 0.3) is 0 Å². The molecular weight excluding hydrogens is 352 g/mol. The van der Waals surface area contributed by atoms with Gasteiger partial charge >= 0.3 is 0 Å². The van der Waals surface area contributed by atoms with Crippen molar-refractivity contribution >= 4 is 23.2 Å². The summed E-state index contributed by atoms with van der Waals surface area (Å²) in [5.74, 6) is -0.655. The number of benzene rings is 3. The molecule has 0 radical (unpaired) electrons. The van der Waals surface area contributed by atoms with Crippen molar-refractivity contribution in [3.8, 4) is 0 Å². The van der Waals surface area contributed by atoms with Crippen LogP contribution in [0.5, 0.6) is 0 Å². The fourth-order valence-electron chi connectivity index (χ4n) is 3.21. The van der Waals surface area contributed by atoms with Crippen LogP contribution < -0.4 is 4.90 Å². The first-order valence-corrected chi connectivity index (χ1v) is 8.94. The van der Waals surface area contributed by atoms with Crippen LogP contribution in [0.2, 0.25) is 0 Å². The molecule has 138 valence electrons. The van der Waals surface area contributed by atoms with E-state index in [1.807, 2.05) is 42.5 Å². The molecule has 1 aliphatic heterocycles. The molecule has 28 heavy (non-hydrogen) atoms. The first kappa shape index (κ1) is 17.7. The minimum absolute atomic E-state index is 0.328. The number of hydrogen-bond acceptors (Lipinski definition) is 4. The van der Waals surface area contributed by atoms with E-state index >= 15 is 0 Å². The third kappa shape index (κ3) is 3.18. The van der Waals surface area contributed by atoms with Gasteiger partial charge in [0.1, 0.15) is 6.61 Å². The molecule has 0 fully saturated rings. The third-order valence-electron chi connectivity index (χ3n) is 4.60. The number of hydrogen-bond donors (Lipinski definition) is 0. The van der Waals surface area contributed by atoms with Gasteiger partial charge in [-0.15, -0.1) is 0 Å². The average Bonchev–Trinajstić information content (AvgIpc) is 2.99. The van der Waals surface area contributed by atoms with E-state index in [1.54, 1.807) is 43.3 Å². The van der Waals surface area contributed by atoms with Crippen molar-refractivity contribution in [2.45, 2.75) is 13.5 Å². The number of oxime groups is 1. The van der Waals surface area contributed by atoms with Crippen LogP contribution in [-0.4, -0.2) is 17.5 Å². The zero-order valence-corrected chi connectivity index (χ0v) is 15.3. The molecule has 3 aromatic rings. The summed E-state index contributed by atoms with van der Waals surface area (Å²) in [5.41, 5.74) is 3.59. The van der Waals surface area contributed by atoms with Crippen molar-refractivity contribution < 1.29 is 14.4 Å². The average molecular weight is 370 g/mol. The van der Waals surface area contributed by atoms with Gasteiger partial charge in [0.25, 0.3) is 11.8 Å². The summed E-state index contributed by atoms with van der Waals surface area (Å²) >= 11 is 0. The van der Waals surface area contributed by atoms with E-state index in [2.05, 4.69) is 5.16 Å². The molecule has 0 saturated heterocycles. The van der Waals surface area contributed by atoms with Gasteiger partial charge in [0, 0.05) is 5.56 Å². The number of nitrogens with zero attached hydrogens (tertiary/aromatic N) is 2. The first-order chi connectivity index (χ1) is 13.7. The summed E-state index contributed by atoms with van der Waals surface area (Å²) in [6.07, 6.45) is 0. The number of para-hydroxylation sites is 1. The fourth-order valence-corrected chi connectivity index (χ4v) is 3.21. The molecule has 0 aliphatic carbocycles. The van der Waals surface area contributed by atoms with E-state index in [-0.39, 0.29) is 11.8 Å². The molecule has 1 aliphatic rings. The quantitative estimate of drug-likeness (QED) is 0.379. The molecule has 0 unspecified atom stereocenters. The Labute approximate surface area is 162 Å². The molecule has 0 atom stereocenters. The van der Waals surface area contributed by atoms with E-state index in [4.69, 9.17) is 4.84 Å². The Morgan fingerprint density at radius 3 is 2.07 bits per heavy atom. The lowest BCUT2D eigenvalue weighted by Crippen LogP contribution is -2.30. The van der Waals surface area contributed by atoms with Gasteiger partial charge in [-0.2, -0.15) is 0 Å². The highest BCUT2D eigenvalue weighted by atomic mass is 16.6. The van der Waals surface area contributed by atoms with E-state index in [1.165, 1.54) is 4.90 Å². The number of carbonyl (C=O) groups is 2. The third-order valence-corrected chi connectivity index (χ3v) is 4.60. The van der Waals surface area contributed by atoms with Gasteiger partial charge in [0.05, 0.1) is 22.5 Å². The van der Waals surface area contributed by atoms with Gasteiger partial charge in [-0.1, -0.05) is 65.8 Å². The maximum absolute atomic E-state index is 12.8. The highest BCUT2D eigenvalue weighted by Crippen LogP contribution is 2.31. The normalized spacial score (nSPS) is 13.6. The number of imide groups is 1. The van der Waals surface area contributed by atoms with Gasteiger partial charge in [-0.25, -0.2) is 4.90 Å². The van der Waals surface area contributed by atoms with E-state index in [0.717, 1.165) is 5.56 Å². The minimum atomic E-state index is -0.328. The van der Waals surface area contributed by atoms with E-state index in [9.17, 15) is 9.59 Å². The number of rotatable bonds is 5. The Bertz CT molecular complexity index is 1040. The molecule has 5 nitrogen and oxygen atoms in total. The molecule has 3 aromatic carbocycles. The number of amides is 2. The summed E-state index contributed by atoms with van der Waals surface area (Å²) < 4.78 is 0. The van der Waals surface area contributed by atoms with Crippen molar-refractivity contribution in [1.29, 1.82) is 0 Å². The number of carbonyl (C=O) groups excluding carboxylic acids is 2. The highest BCUT2D eigenvalue weighted by Gasteiger charge is 2.37. The predicted molar refractivity (Wildman–Crippen MR) is 107 cm³/mol. The van der Waals surface area contributed by atoms with Crippen molar-refractivity contribution in [3.63, 3.8) is 0 Å². The molecule has 4 rings (SSSR count). The van der Waals surface area contributed by atoms with Gasteiger partial charge < -0.3 is 4.84 Å². The molecule has 0 bridgehead atoms. The van der Waals surface area contributed by atoms with E-state index < -0.39 is 0 Å². The van der Waals surface area contributed by atoms with Crippen LogP contribution >= 0.6 is 0 Å². The first-order valence-electron chi connectivity index (χ1n) is 8.94. The largest absolute Gasteiger partial charge is 0.391 e. The number of fused-ring (bicyclic) bond motifs is 1. The molecule has 2 amide bonds. The zero-order chi connectivity index (χ0) is 19.5. The minimum Gasteiger partial charge on any atom is -0.391 e. The van der Waals surface area contributed by atoms with Crippen LogP contribution in [0.1, 0.15) is 38.8 Å². The standard InChI is InChI=1S/C23H18N2O3/c1-16(24-28-15-17-9-3-2-4-10-17)18-11-7-8-14-21(18)25-22(26)19-12-5-6-13-20(19)23(25)27/h2-14H,15H2,1H3/b24-16+. The SMILES string of the molecule is C/C(=N\OCc1ccccc1)c1ccccc1N1C(=O)c2ccccc2C1=O. The van der Waals surface area contributed by atoms with Gasteiger partial charge in [-0.3, -0.25) is 9.59 Å². The Kier molecular flexibility index (Phi) is 4.72. The summed E-state index contributed by atoms with van der Waals surface area (Å²) in [4.78, 5) is 32.3. The van der Waals surface area contributed by atoms with Gasteiger partial charge in [-0.05, 0) is 30.7 Å². The topological polar surface area (TPSA) is 59.0 Å². The maximum Gasteiger partial charge on any atom is 0.266 e. The molecule has 0 aromatic heterocycles. The fraction of sp³-hybridized carbons (Fsp3) is 0.0870. The molecule has 0 spiro atoms. The lowest BCUT2D eigenvalue weighted by atomic mass is 10.1. The lowest BCUT2D eigenvalue weighted by Gasteiger charge is -2.18. The summed E-state index contributed by atoms with van der Waals surface area (Å²) in [5, 5.41) is 4.19. The monoisotopic (exact) mass is 370 g/mol. The summed E-state index contributed by atoms with van der Waals surface area (Å²) in [6.45, 7) is 2.13. The zero-order valence-electron chi connectivity index (χ0n) is 15.3. The molecule has 1 heterocycles. The second-order valence-electron chi connectivity index (χ2n) is 6.44. The van der Waals surface area contributed by atoms with Crippen LogP contribution in [0, 0.1) is 0 Å². The van der Waals surface area contributed by atoms with Crippen molar-refractivity contribution in [2.75, 3.05) is 4.90 Å². The van der Waals surface area contributed by atoms with Crippen LogP contribution in [0.3, 0.4) is 0 Å². The second kappa shape index (κ2) is 7.48.